The van der Waals surface area contributed by atoms with E-state index in [1.807, 2.05) is 27.7 Å². The Hall–Kier alpha value is -1.02. The average molecular weight is 688 g/mol. The van der Waals surface area contributed by atoms with E-state index >= 15 is 0 Å². The predicted molar refractivity (Wildman–Crippen MR) is 204 cm³/mol. The molecule has 3 rings (SSSR count). The summed E-state index contributed by atoms with van der Waals surface area (Å²) in [6, 6.07) is 5.37. The highest BCUT2D eigenvalue weighted by Gasteiger charge is 2.44. The molecule has 0 heterocycles. The van der Waals surface area contributed by atoms with Crippen LogP contribution >= 0.6 is 0 Å². The molecule has 0 saturated heterocycles. The zero-order valence-corrected chi connectivity index (χ0v) is 35.1. The van der Waals surface area contributed by atoms with Crippen molar-refractivity contribution >= 4 is 10.0 Å². The lowest BCUT2D eigenvalue weighted by atomic mass is 9.71. The van der Waals surface area contributed by atoms with Crippen LogP contribution in [0, 0.1) is 22.1 Å². The molecular formula is C40H78FNO4S. The Balaban J connectivity index is 0. The zero-order chi connectivity index (χ0) is 37.6. The molecule has 5 nitrogen and oxygen atoms in total. The van der Waals surface area contributed by atoms with Crippen molar-refractivity contribution in [3.8, 4) is 0 Å². The number of halogens is 1. The summed E-state index contributed by atoms with van der Waals surface area (Å²) in [6.07, 6.45) is 4.53. The van der Waals surface area contributed by atoms with Gasteiger partial charge in [0.05, 0.1) is 30.2 Å². The van der Waals surface area contributed by atoms with Gasteiger partial charge >= 0.3 is 0 Å². The highest BCUT2D eigenvalue weighted by Crippen LogP contribution is 2.46. The second-order valence-electron chi connectivity index (χ2n) is 17.4. The van der Waals surface area contributed by atoms with Gasteiger partial charge in [0.15, 0.2) is 0 Å². The molecule has 2 saturated carbocycles. The van der Waals surface area contributed by atoms with E-state index < -0.39 is 10.0 Å². The summed E-state index contributed by atoms with van der Waals surface area (Å²) >= 11 is 0. The summed E-state index contributed by atoms with van der Waals surface area (Å²) < 4.78 is 49.3. The summed E-state index contributed by atoms with van der Waals surface area (Å²) in [5, 5.41) is -0.0881. The number of hydrogen-bond acceptors (Lipinski definition) is 4. The smallest absolute Gasteiger partial charge is 0.214 e. The standard InChI is InChI=1S/C12H17F.C12H24O2.C8H18.C6H13NO2S.C2H6/c1-8(2)10-5-11(9(3)4)7-12(13)6-10;1-10(2)13-8-12(6-7-12)9-14-11(3,4)5;1-7(2,3)8(4,5)6;1-5(2)7-10(8,9)6-3-4-6;1-2/h5-9H,1-4H3;10H,6-9H2,1-5H3;1-6H3;5-7H,3-4H2,1-2H3;1-2H3. The quantitative estimate of drug-likeness (QED) is 0.266. The first-order chi connectivity index (χ1) is 21.1. The first-order valence-corrected chi connectivity index (χ1v) is 19.7. The molecule has 0 aromatic heterocycles. The van der Waals surface area contributed by atoms with Crippen molar-refractivity contribution in [3.63, 3.8) is 0 Å². The summed E-state index contributed by atoms with van der Waals surface area (Å²) in [4.78, 5) is 0. The van der Waals surface area contributed by atoms with Crippen molar-refractivity contribution in [2.24, 2.45) is 16.2 Å². The molecule has 1 N–H and O–H groups in total. The third-order valence-electron chi connectivity index (χ3n) is 8.38. The van der Waals surface area contributed by atoms with Crippen LogP contribution in [-0.4, -0.2) is 44.6 Å². The first-order valence-electron chi connectivity index (χ1n) is 18.2. The van der Waals surface area contributed by atoms with Crippen LogP contribution in [0.5, 0.6) is 0 Å². The molecule has 0 atom stereocenters. The van der Waals surface area contributed by atoms with Gasteiger partial charge in [0.1, 0.15) is 5.82 Å². The number of sulfonamides is 1. The van der Waals surface area contributed by atoms with E-state index in [-0.39, 0.29) is 22.7 Å². The number of ether oxygens (including phenoxy) is 2. The van der Waals surface area contributed by atoms with Crippen LogP contribution in [0.1, 0.15) is 180 Å². The fourth-order valence-corrected chi connectivity index (χ4v) is 4.93. The van der Waals surface area contributed by atoms with Gasteiger partial charge in [0, 0.05) is 11.5 Å². The Kier molecular flexibility index (Phi) is 21.1. The van der Waals surface area contributed by atoms with Gasteiger partial charge in [-0.05, 0) is 120 Å². The van der Waals surface area contributed by atoms with Gasteiger partial charge in [0.25, 0.3) is 0 Å². The molecule has 1 aromatic carbocycles. The van der Waals surface area contributed by atoms with Crippen LogP contribution in [0.25, 0.3) is 0 Å². The van der Waals surface area contributed by atoms with Crippen molar-refractivity contribution in [2.75, 3.05) is 13.2 Å². The van der Waals surface area contributed by atoms with E-state index in [0.717, 1.165) is 37.2 Å². The van der Waals surface area contributed by atoms with Crippen molar-refractivity contribution in [2.45, 2.75) is 192 Å². The van der Waals surface area contributed by atoms with Crippen LogP contribution in [-0.2, 0) is 19.5 Å². The monoisotopic (exact) mass is 688 g/mol. The number of rotatable bonds is 10. The van der Waals surface area contributed by atoms with Gasteiger partial charge in [-0.15, -0.1) is 0 Å². The second kappa shape index (κ2) is 20.6. The van der Waals surface area contributed by atoms with E-state index in [1.165, 1.54) is 12.8 Å². The Morgan fingerprint density at radius 2 is 1.17 bits per heavy atom. The van der Waals surface area contributed by atoms with E-state index in [2.05, 4.69) is 115 Å². The maximum atomic E-state index is 13.1. The highest BCUT2D eigenvalue weighted by atomic mass is 32.2. The van der Waals surface area contributed by atoms with Gasteiger partial charge < -0.3 is 9.47 Å². The normalized spacial score (nSPS) is 15.9. The van der Waals surface area contributed by atoms with Crippen LogP contribution in [0.2, 0.25) is 0 Å². The topological polar surface area (TPSA) is 64.6 Å². The van der Waals surface area contributed by atoms with Crippen molar-refractivity contribution < 1.29 is 22.3 Å². The lowest BCUT2D eigenvalue weighted by Gasteiger charge is -2.34. The molecule has 2 aliphatic rings. The summed E-state index contributed by atoms with van der Waals surface area (Å²) in [6.45, 7) is 41.8. The predicted octanol–water partition coefficient (Wildman–Crippen LogP) is 11.7. The molecule has 2 aliphatic carbocycles. The van der Waals surface area contributed by atoms with Crippen LogP contribution in [0.4, 0.5) is 4.39 Å². The van der Waals surface area contributed by atoms with Gasteiger partial charge in [0.2, 0.25) is 10.0 Å². The first kappa shape index (κ1) is 48.1. The maximum absolute atomic E-state index is 13.1. The molecule has 0 aliphatic heterocycles. The molecule has 0 bridgehead atoms. The molecular weight excluding hydrogens is 610 g/mol. The molecule has 280 valence electrons. The average Bonchev–Trinajstić information content (AvgIpc) is 3.81. The largest absolute Gasteiger partial charge is 0.378 e. The van der Waals surface area contributed by atoms with Gasteiger partial charge in [-0.25, -0.2) is 17.5 Å². The molecule has 47 heavy (non-hydrogen) atoms. The number of hydrogen-bond donors (Lipinski definition) is 1. The zero-order valence-electron chi connectivity index (χ0n) is 34.3. The van der Waals surface area contributed by atoms with Crippen molar-refractivity contribution in [1.29, 1.82) is 0 Å². The molecule has 0 amide bonds. The van der Waals surface area contributed by atoms with E-state index in [4.69, 9.17) is 9.47 Å². The molecule has 2 fully saturated rings. The lowest BCUT2D eigenvalue weighted by Crippen LogP contribution is -2.32. The van der Waals surface area contributed by atoms with Gasteiger partial charge in [-0.3, -0.25) is 0 Å². The second-order valence-corrected chi connectivity index (χ2v) is 19.4. The van der Waals surface area contributed by atoms with Crippen LogP contribution in [0.3, 0.4) is 0 Å². The number of benzene rings is 1. The minimum Gasteiger partial charge on any atom is -0.378 e. The van der Waals surface area contributed by atoms with Crippen molar-refractivity contribution in [1.82, 2.24) is 4.72 Å². The molecule has 0 radical (unpaired) electrons. The van der Waals surface area contributed by atoms with E-state index in [9.17, 15) is 12.8 Å². The SMILES string of the molecule is CC.CC(C)(C)C(C)(C)C.CC(C)NS(=O)(=O)C1CC1.CC(C)OCC1(COC(C)(C)C)CC1.CC(C)c1cc(F)cc(C(C)C)c1. The number of nitrogens with one attached hydrogen (secondary N) is 1. The minimum atomic E-state index is -2.94. The Morgan fingerprint density at radius 3 is 1.43 bits per heavy atom. The minimum absolute atomic E-state index is 0.0204. The van der Waals surface area contributed by atoms with E-state index in [0.29, 0.717) is 34.2 Å². The summed E-state index contributed by atoms with van der Waals surface area (Å²) in [5.41, 5.74) is 3.37. The molecule has 0 unspecified atom stereocenters. The van der Waals surface area contributed by atoms with Gasteiger partial charge in [-0.2, -0.15) is 0 Å². The summed E-state index contributed by atoms with van der Waals surface area (Å²) in [7, 11) is -2.94. The Morgan fingerprint density at radius 1 is 0.766 bits per heavy atom. The molecule has 0 spiro atoms. The fraction of sp³-hybridized carbons (Fsp3) is 0.850. The fourth-order valence-electron chi connectivity index (χ4n) is 3.33. The Labute approximate surface area is 293 Å². The van der Waals surface area contributed by atoms with Crippen molar-refractivity contribution in [3.05, 3.63) is 35.1 Å². The molecule has 7 heteroatoms. The van der Waals surface area contributed by atoms with Crippen LogP contribution < -0.4 is 4.72 Å². The van der Waals surface area contributed by atoms with E-state index in [1.54, 1.807) is 12.1 Å². The van der Waals surface area contributed by atoms with Gasteiger partial charge in [-0.1, -0.05) is 89.2 Å². The summed E-state index contributed by atoms with van der Waals surface area (Å²) in [5.74, 6) is 0.677. The lowest BCUT2D eigenvalue weighted by molar-refractivity contribution is -0.0541. The van der Waals surface area contributed by atoms with Crippen LogP contribution in [0.15, 0.2) is 18.2 Å². The maximum Gasteiger partial charge on any atom is 0.214 e. The highest BCUT2D eigenvalue weighted by molar-refractivity contribution is 7.90. The molecule has 1 aromatic rings. The Bertz CT molecular complexity index is 1040. The third kappa shape index (κ3) is 23.1. The third-order valence-corrected chi connectivity index (χ3v) is 10.5.